The Morgan fingerprint density at radius 2 is 1.90 bits per heavy atom. The lowest BCUT2D eigenvalue weighted by atomic mass is 10.1. The molecule has 0 atom stereocenters. The van der Waals surface area contributed by atoms with Crippen LogP contribution < -0.4 is 10.6 Å². The molecule has 21 heavy (non-hydrogen) atoms. The summed E-state index contributed by atoms with van der Waals surface area (Å²) in [5.74, 6) is 0.0948. The summed E-state index contributed by atoms with van der Waals surface area (Å²) < 4.78 is 0. The minimum atomic E-state index is 0.0948. The summed E-state index contributed by atoms with van der Waals surface area (Å²) >= 11 is 1.64. The Hall–Kier alpha value is -1.92. The van der Waals surface area contributed by atoms with Crippen molar-refractivity contribution < 1.29 is 4.79 Å². The molecule has 3 rings (SSSR count). The van der Waals surface area contributed by atoms with E-state index in [1.165, 1.54) is 0 Å². The number of amides is 1. The molecule has 0 spiro atoms. The fourth-order valence-corrected chi connectivity index (χ4v) is 3.14. The van der Waals surface area contributed by atoms with Crippen LogP contribution in [-0.2, 0) is 6.54 Å². The van der Waals surface area contributed by atoms with Crippen LogP contribution in [0.3, 0.4) is 0 Å². The van der Waals surface area contributed by atoms with Gasteiger partial charge >= 0.3 is 0 Å². The molecule has 0 bridgehead atoms. The molecule has 1 aromatic carbocycles. The summed E-state index contributed by atoms with van der Waals surface area (Å²) in [4.78, 5) is 20.9. The lowest BCUT2D eigenvalue weighted by Crippen LogP contribution is -2.48. The van der Waals surface area contributed by atoms with Gasteiger partial charge < -0.3 is 15.5 Å². The standard InChI is InChI=1S/C15H18N4OS/c16-11-12-1-3-13(4-2-12)14(20)18-6-8-19(9-7-18)15-17-5-10-21-15/h1-5,10H,6-9,11,16H2. The van der Waals surface area contributed by atoms with E-state index in [2.05, 4.69) is 9.88 Å². The normalized spacial score (nSPS) is 15.3. The molecule has 0 radical (unpaired) electrons. The number of aromatic nitrogens is 1. The topological polar surface area (TPSA) is 62.5 Å². The van der Waals surface area contributed by atoms with E-state index in [1.807, 2.05) is 40.7 Å². The number of hydrogen-bond acceptors (Lipinski definition) is 5. The first-order valence-corrected chi connectivity index (χ1v) is 7.88. The second kappa shape index (κ2) is 6.24. The van der Waals surface area contributed by atoms with Gasteiger partial charge in [-0.15, -0.1) is 11.3 Å². The Labute approximate surface area is 128 Å². The number of anilines is 1. The van der Waals surface area contributed by atoms with Gasteiger partial charge in [-0.05, 0) is 17.7 Å². The molecular formula is C15H18N4OS. The molecule has 1 aliphatic heterocycles. The van der Waals surface area contributed by atoms with E-state index in [0.29, 0.717) is 6.54 Å². The maximum Gasteiger partial charge on any atom is 0.253 e. The fraction of sp³-hybridized carbons (Fsp3) is 0.333. The van der Waals surface area contributed by atoms with Crippen LogP contribution in [0.4, 0.5) is 5.13 Å². The Balaban J connectivity index is 1.62. The van der Waals surface area contributed by atoms with Crippen LogP contribution in [-0.4, -0.2) is 42.0 Å². The van der Waals surface area contributed by atoms with Crippen molar-refractivity contribution in [2.75, 3.05) is 31.1 Å². The number of rotatable bonds is 3. The van der Waals surface area contributed by atoms with Gasteiger partial charge in [0.05, 0.1) is 0 Å². The number of nitrogens with zero attached hydrogens (tertiary/aromatic N) is 3. The van der Waals surface area contributed by atoms with Crippen LogP contribution in [0.25, 0.3) is 0 Å². The lowest BCUT2D eigenvalue weighted by Gasteiger charge is -2.34. The molecule has 1 aromatic heterocycles. The zero-order valence-electron chi connectivity index (χ0n) is 11.7. The molecule has 1 saturated heterocycles. The van der Waals surface area contributed by atoms with E-state index < -0.39 is 0 Å². The second-order valence-corrected chi connectivity index (χ2v) is 5.87. The predicted octanol–water partition coefficient (Wildman–Crippen LogP) is 1.56. The molecule has 1 amide bonds. The average Bonchev–Trinajstić information content (AvgIpc) is 3.09. The maximum absolute atomic E-state index is 12.5. The zero-order chi connectivity index (χ0) is 14.7. The second-order valence-electron chi connectivity index (χ2n) is 4.99. The average molecular weight is 302 g/mol. The number of hydrogen-bond donors (Lipinski definition) is 1. The molecule has 1 fully saturated rings. The van der Waals surface area contributed by atoms with Crippen LogP contribution in [0, 0.1) is 0 Å². The first-order valence-electron chi connectivity index (χ1n) is 7.00. The number of carbonyl (C=O) groups is 1. The van der Waals surface area contributed by atoms with Crippen LogP contribution in [0.15, 0.2) is 35.8 Å². The minimum Gasteiger partial charge on any atom is -0.345 e. The van der Waals surface area contributed by atoms with Gasteiger partial charge in [-0.1, -0.05) is 12.1 Å². The number of piperazine rings is 1. The van der Waals surface area contributed by atoms with Crippen molar-refractivity contribution in [2.24, 2.45) is 5.73 Å². The van der Waals surface area contributed by atoms with Gasteiger partial charge in [0.15, 0.2) is 5.13 Å². The van der Waals surface area contributed by atoms with Crippen molar-refractivity contribution >= 4 is 22.4 Å². The number of nitrogens with two attached hydrogens (primary N) is 1. The van der Waals surface area contributed by atoms with Crippen molar-refractivity contribution in [1.29, 1.82) is 0 Å². The molecule has 2 aromatic rings. The van der Waals surface area contributed by atoms with Gasteiger partial charge in [-0.25, -0.2) is 4.98 Å². The van der Waals surface area contributed by atoms with E-state index in [1.54, 1.807) is 11.3 Å². The Bertz CT molecular complexity index is 589. The third kappa shape index (κ3) is 3.06. The molecule has 5 nitrogen and oxygen atoms in total. The Morgan fingerprint density at radius 3 is 2.48 bits per heavy atom. The van der Waals surface area contributed by atoms with Gasteiger partial charge in [0.1, 0.15) is 0 Å². The van der Waals surface area contributed by atoms with Crippen molar-refractivity contribution in [3.8, 4) is 0 Å². The highest BCUT2D eigenvalue weighted by molar-refractivity contribution is 7.13. The van der Waals surface area contributed by atoms with Crippen molar-refractivity contribution in [3.63, 3.8) is 0 Å². The molecule has 0 aliphatic carbocycles. The van der Waals surface area contributed by atoms with Crippen molar-refractivity contribution in [2.45, 2.75) is 6.54 Å². The Morgan fingerprint density at radius 1 is 1.19 bits per heavy atom. The van der Waals surface area contributed by atoms with Crippen LogP contribution >= 0.6 is 11.3 Å². The first-order chi connectivity index (χ1) is 10.3. The Kier molecular flexibility index (Phi) is 4.17. The monoisotopic (exact) mass is 302 g/mol. The molecule has 2 N–H and O–H groups in total. The largest absolute Gasteiger partial charge is 0.345 e. The predicted molar refractivity (Wildman–Crippen MR) is 84.6 cm³/mol. The van der Waals surface area contributed by atoms with E-state index in [0.717, 1.165) is 42.4 Å². The molecular weight excluding hydrogens is 284 g/mol. The maximum atomic E-state index is 12.5. The summed E-state index contributed by atoms with van der Waals surface area (Å²) in [5, 5.41) is 3.01. The number of thiazole rings is 1. The molecule has 0 unspecified atom stereocenters. The van der Waals surface area contributed by atoms with Crippen LogP contribution in [0.5, 0.6) is 0 Å². The van der Waals surface area contributed by atoms with Crippen molar-refractivity contribution in [3.05, 3.63) is 47.0 Å². The quantitative estimate of drug-likeness (QED) is 0.935. The van der Waals surface area contributed by atoms with E-state index in [9.17, 15) is 4.79 Å². The summed E-state index contributed by atoms with van der Waals surface area (Å²) in [7, 11) is 0. The van der Waals surface area contributed by atoms with E-state index in [4.69, 9.17) is 5.73 Å². The number of carbonyl (C=O) groups excluding carboxylic acids is 1. The van der Waals surface area contributed by atoms with Gasteiger partial charge in [-0.3, -0.25) is 4.79 Å². The SMILES string of the molecule is NCc1ccc(C(=O)N2CCN(c3nccs3)CC2)cc1. The van der Waals surface area contributed by atoms with Gasteiger partial charge in [0.2, 0.25) is 0 Å². The summed E-state index contributed by atoms with van der Waals surface area (Å²) in [5.41, 5.74) is 7.35. The highest BCUT2D eigenvalue weighted by Crippen LogP contribution is 2.19. The number of benzene rings is 1. The van der Waals surface area contributed by atoms with Crippen LogP contribution in [0.2, 0.25) is 0 Å². The summed E-state index contributed by atoms with van der Waals surface area (Å²) in [6, 6.07) is 7.55. The molecule has 0 saturated carbocycles. The van der Waals surface area contributed by atoms with Gasteiger partial charge in [0, 0.05) is 49.9 Å². The highest BCUT2D eigenvalue weighted by atomic mass is 32.1. The highest BCUT2D eigenvalue weighted by Gasteiger charge is 2.23. The smallest absolute Gasteiger partial charge is 0.253 e. The first kappa shape index (κ1) is 14.0. The van der Waals surface area contributed by atoms with Crippen molar-refractivity contribution in [1.82, 2.24) is 9.88 Å². The molecule has 2 heterocycles. The van der Waals surface area contributed by atoms with E-state index in [-0.39, 0.29) is 5.91 Å². The van der Waals surface area contributed by atoms with Gasteiger partial charge in [0.25, 0.3) is 5.91 Å². The lowest BCUT2D eigenvalue weighted by molar-refractivity contribution is 0.0747. The van der Waals surface area contributed by atoms with Crippen LogP contribution in [0.1, 0.15) is 15.9 Å². The van der Waals surface area contributed by atoms with Gasteiger partial charge in [-0.2, -0.15) is 0 Å². The molecule has 6 heteroatoms. The minimum absolute atomic E-state index is 0.0948. The summed E-state index contributed by atoms with van der Waals surface area (Å²) in [6.07, 6.45) is 1.82. The third-order valence-electron chi connectivity index (χ3n) is 3.69. The molecule has 1 aliphatic rings. The fourth-order valence-electron chi connectivity index (χ4n) is 2.44. The van der Waals surface area contributed by atoms with E-state index >= 15 is 0 Å². The zero-order valence-corrected chi connectivity index (χ0v) is 12.6. The summed E-state index contributed by atoms with van der Waals surface area (Å²) in [6.45, 7) is 3.63. The third-order valence-corrected chi connectivity index (χ3v) is 4.53. The molecule has 110 valence electrons.